The number of nitrogen functional groups attached to an aromatic ring is 1. The first-order chi connectivity index (χ1) is 17.5. The molecule has 3 fully saturated rings. The van der Waals surface area contributed by atoms with E-state index in [0.29, 0.717) is 47.1 Å². The third kappa shape index (κ3) is 5.01. The molecule has 12 heteroatoms. The summed E-state index contributed by atoms with van der Waals surface area (Å²) in [6, 6.07) is 10.3. The van der Waals surface area contributed by atoms with Crippen molar-refractivity contribution in [3.05, 3.63) is 63.6 Å². The number of carbonyl (C=O) groups excluding carboxylic acids is 4. The van der Waals surface area contributed by atoms with Crippen LogP contribution < -0.4 is 11.1 Å². The molecule has 5 rings (SSSR count). The number of nitrogens with zero attached hydrogens (tertiary/aromatic N) is 1. The number of sulfone groups is 1. The average Bonchev–Trinajstić information content (AvgIpc) is 2.94. The van der Waals surface area contributed by atoms with Gasteiger partial charge in [0, 0.05) is 47.1 Å². The van der Waals surface area contributed by atoms with Crippen LogP contribution in [-0.4, -0.2) is 54.7 Å². The van der Waals surface area contributed by atoms with Crippen LogP contribution in [0.15, 0.2) is 52.9 Å². The number of Topliss-reactive ketones (excluding diaryl/α,β-unsaturated/α-hetero) is 2. The maximum atomic E-state index is 13.3. The van der Waals surface area contributed by atoms with Crippen molar-refractivity contribution < 1.29 is 27.6 Å². The Morgan fingerprint density at radius 3 is 2.30 bits per heavy atom. The summed E-state index contributed by atoms with van der Waals surface area (Å²) in [5, 5.41) is 3.41. The van der Waals surface area contributed by atoms with E-state index in [-0.39, 0.29) is 35.1 Å². The molecule has 1 unspecified atom stereocenters. The van der Waals surface area contributed by atoms with Crippen LogP contribution in [-0.2, 0) is 29.0 Å². The molecule has 3 N–H and O–H groups in total. The second kappa shape index (κ2) is 10.3. The van der Waals surface area contributed by atoms with Crippen LogP contribution in [0.25, 0.3) is 6.08 Å². The minimum Gasteiger partial charge on any atom is -0.398 e. The maximum absolute atomic E-state index is 13.3. The Morgan fingerprint density at radius 2 is 1.62 bits per heavy atom. The number of halogens is 2. The number of nitrogens with two attached hydrogens (primary N) is 1. The summed E-state index contributed by atoms with van der Waals surface area (Å²) < 4.78 is 26.5. The van der Waals surface area contributed by atoms with Gasteiger partial charge in [0.15, 0.2) is 0 Å². The van der Waals surface area contributed by atoms with Crippen LogP contribution in [0.2, 0.25) is 10.0 Å². The van der Waals surface area contributed by atoms with Crippen molar-refractivity contribution >= 4 is 68.2 Å². The standard InChI is InChI=1S/C19H14Cl2N2O4S.C6H9NO2/c20-13-1-4-15(5-2-13)28(26,27)19-9-17(24)23(19)10-12(18(19)25)7-11-8-14(21)3-6-16(11)22;8-5-1-2-6(9)7-4-3-5/h1-8H,9-10,22H2;1-4H2,(H,7,9). The van der Waals surface area contributed by atoms with Crippen molar-refractivity contribution in [1.82, 2.24) is 10.2 Å². The molecule has 3 saturated heterocycles. The van der Waals surface area contributed by atoms with Gasteiger partial charge in [-0.05, 0) is 54.1 Å². The Morgan fingerprint density at radius 1 is 0.946 bits per heavy atom. The summed E-state index contributed by atoms with van der Waals surface area (Å²) >= 11 is 11.8. The summed E-state index contributed by atoms with van der Waals surface area (Å²) in [5.41, 5.74) is 6.99. The molecule has 9 nitrogen and oxygen atoms in total. The van der Waals surface area contributed by atoms with Crippen molar-refractivity contribution in [3.8, 4) is 0 Å². The van der Waals surface area contributed by atoms with Crippen molar-refractivity contribution in [2.24, 2.45) is 0 Å². The average molecular weight is 564 g/mol. The second-order valence-corrected chi connectivity index (χ2v) is 11.8. The quantitative estimate of drug-likeness (QED) is 0.332. The lowest BCUT2D eigenvalue weighted by Gasteiger charge is -2.44. The highest BCUT2D eigenvalue weighted by Gasteiger charge is 2.69. The zero-order valence-electron chi connectivity index (χ0n) is 19.5. The Labute approximate surface area is 223 Å². The number of β-lactam (4-membered cyclic amide) rings is 1. The highest BCUT2D eigenvalue weighted by atomic mass is 35.5. The molecule has 3 aliphatic heterocycles. The summed E-state index contributed by atoms with van der Waals surface area (Å²) in [6.45, 7) is 0.425. The van der Waals surface area contributed by atoms with Gasteiger partial charge in [0.05, 0.1) is 17.9 Å². The highest BCUT2D eigenvalue weighted by molar-refractivity contribution is 7.93. The van der Waals surface area contributed by atoms with Gasteiger partial charge in [-0.1, -0.05) is 23.2 Å². The summed E-state index contributed by atoms with van der Waals surface area (Å²) in [4.78, 5) is 45.6. The fourth-order valence-electron chi connectivity index (χ4n) is 4.37. The van der Waals surface area contributed by atoms with Crippen LogP contribution >= 0.6 is 23.2 Å². The van der Waals surface area contributed by atoms with Crippen molar-refractivity contribution in [2.75, 3.05) is 18.8 Å². The van der Waals surface area contributed by atoms with Crippen molar-refractivity contribution in [2.45, 2.75) is 35.4 Å². The Bertz CT molecular complexity index is 1420. The minimum absolute atomic E-state index is 0.000787. The SMILES string of the molecule is Nc1ccc(Cl)cc1C=C1CN2C(=O)CC2(S(=O)(=O)c2ccc(Cl)cc2)C1=O.O=C1CCNC(=O)CC1. The first kappa shape index (κ1) is 26.8. The summed E-state index contributed by atoms with van der Waals surface area (Å²) in [6.07, 6.45) is 2.41. The number of hydrogen-bond acceptors (Lipinski definition) is 7. The smallest absolute Gasteiger partial charge is 0.228 e. The van der Waals surface area contributed by atoms with Gasteiger partial charge in [0.2, 0.25) is 32.3 Å². The van der Waals surface area contributed by atoms with Crippen molar-refractivity contribution in [3.63, 3.8) is 0 Å². The van der Waals surface area contributed by atoms with E-state index in [1.807, 2.05) is 0 Å². The predicted molar refractivity (Wildman–Crippen MR) is 138 cm³/mol. The van der Waals surface area contributed by atoms with E-state index in [0.717, 1.165) is 4.90 Å². The Balaban J connectivity index is 0.000000301. The zero-order valence-corrected chi connectivity index (χ0v) is 21.8. The molecule has 0 aromatic heterocycles. The van der Waals surface area contributed by atoms with Gasteiger partial charge in [-0.2, -0.15) is 0 Å². The van der Waals surface area contributed by atoms with Gasteiger partial charge in [0.25, 0.3) is 0 Å². The van der Waals surface area contributed by atoms with E-state index >= 15 is 0 Å². The molecule has 37 heavy (non-hydrogen) atoms. The van der Waals surface area contributed by atoms with E-state index in [1.165, 1.54) is 30.3 Å². The largest absolute Gasteiger partial charge is 0.398 e. The van der Waals surface area contributed by atoms with Crippen LogP contribution in [0.4, 0.5) is 5.69 Å². The van der Waals surface area contributed by atoms with E-state index in [2.05, 4.69) is 5.32 Å². The molecule has 0 aliphatic carbocycles. The van der Waals surface area contributed by atoms with Crippen LogP contribution in [0, 0.1) is 0 Å². The fraction of sp³-hybridized carbons (Fsp3) is 0.280. The fourth-order valence-corrected chi connectivity index (χ4v) is 6.70. The molecule has 194 valence electrons. The van der Waals surface area contributed by atoms with Gasteiger partial charge >= 0.3 is 0 Å². The topological polar surface area (TPSA) is 144 Å². The Kier molecular flexibility index (Phi) is 7.45. The number of anilines is 1. The number of carbonyl (C=O) groups is 4. The molecule has 2 amide bonds. The second-order valence-electron chi connectivity index (χ2n) is 8.81. The van der Waals surface area contributed by atoms with E-state index in [1.54, 1.807) is 18.2 Å². The number of nitrogens with one attached hydrogen (secondary N) is 1. The number of rotatable bonds is 3. The highest BCUT2D eigenvalue weighted by Crippen LogP contribution is 2.48. The molecular weight excluding hydrogens is 541 g/mol. The van der Waals surface area contributed by atoms with Gasteiger partial charge in [-0.25, -0.2) is 8.42 Å². The first-order valence-corrected chi connectivity index (χ1v) is 13.6. The lowest BCUT2D eigenvalue weighted by atomic mass is 9.99. The third-order valence-corrected chi connectivity index (χ3v) is 9.23. The monoisotopic (exact) mass is 563 g/mol. The molecule has 0 bridgehead atoms. The normalized spacial score (nSPS) is 22.5. The van der Waals surface area contributed by atoms with Gasteiger partial charge < -0.3 is 16.0 Å². The lowest BCUT2D eigenvalue weighted by molar-refractivity contribution is -0.150. The molecule has 1 atom stereocenters. The van der Waals surface area contributed by atoms with E-state index in [4.69, 9.17) is 28.9 Å². The third-order valence-electron chi connectivity index (χ3n) is 6.41. The van der Waals surface area contributed by atoms with Crippen LogP contribution in [0.1, 0.15) is 31.2 Å². The van der Waals surface area contributed by atoms with Crippen molar-refractivity contribution in [1.29, 1.82) is 0 Å². The summed E-state index contributed by atoms with van der Waals surface area (Å²) in [5.74, 6) is -0.830. The molecule has 3 aliphatic rings. The minimum atomic E-state index is -4.14. The Hall–Kier alpha value is -3.21. The maximum Gasteiger partial charge on any atom is 0.228 e. The van der Waals surface area contributed by atoms with E-state index in [9.17, 15) is 27.6 Å². The number of fused-ring (bicyclic) bond motifs is 1. The van der Waals surface area contributed by atoms with E-state index < -0.39 is 26.4 Å². The van der Waals surface area contributed by atoms with Crippen LogP contribution in [0.5, 0.6) is 0 Å². The van der Waals surface area contributed by atoms with Gasteiger partial charge in [-0.15, -0.1) is 0 Å². The predicted octanol–water partition coefficient (Wildman–Crippen LogP) is 2.80. The first-order valence-electron chi connectivity index (χ1n) is 11.3. The molecule has 0 radical (unpaired) electrons. The number of hydrogen-bond donors (Lipinski definition) is 2. The molecule has 3 heterocycles. The van der Waals surface area contributed by atoms with Gasteiger partial charge in [-0.3, -0.25) is 19.2 Å². The molecule has 2 aromatic rings. The number of ketones is 2. The van der Waals surface area contributed by atoms with Crippen LogP contribution in [0.3, 0.4) is 0 Å². The zero-order chi connectivity index (χ0) is 27.0. The summed E-state index contributed by atoms with van der Waals surface area (Å²) in [7, 11) is -4.14. The molecule has 0 saturated carbocycles. The molecule has 2 aromatic carbocycles. The molecular formula is C25H23Cl2N3O6S. The van der Waals surface area contributed by atoms with Gasteiger partial charge in [0.1, 0.15) is 5.78 Å². The number of amides is 2. The lowest BCUT2D eigenvalue weighted by Crippen LogP contribution is -2.67. The number of benzene rings is 2. The molecule has 0 spiro atoms.